The molecule has 0 saturated carbocycles. The molecular weight excluding hydrogens is 250 g/mol. The Morgan fingerprint density at radius 1 is 1.39 bits per heavy atom. The molecule has 0 aliphatic rings. The molecule has 98 valence electrons. The van der Waals surface area contributed by atoms with Gasteiger partial charge < -0.3 is 10.3 Å². The van der Waals surface area contributed by atoms with Gasteiger partial charge in [-0.05, 0) is 17.7 Å². The Morgan fingerprint density at radius 3 is 2.61 bits per heavy atom. The smallest absolute Gasteiger partial charge is 0.326 e. The van der Waals surface area contributed by atoms with E-state index in [-0.39, 0.29) is 12.1 Å². The van der Waals surface area contributed by atoms with Gasteiger partial charge in [0, 0.05) is 13.6 Å². The molecule has 0 unspecified atom stereocenters. The molecule has 0 aliphatic heterocycles. The maximum Gasteiger partial charge on any atom is 0.364 e. The highest BCUT2D eigenvalue weighted by atomic mass is 19.3. The van der Waals surface area contributed by atoms with Gasteiger partial charge >= 0.3 is 12.3 Å². The number of benzene rings is 1. The van der Waals surface area contributed by atoms with Crippen molar-refractivity contribution in [2.45, 2.75) is 18.9 Å². The third kappa shape index (κ3) is 1.84. The van der Waals surface area contributed by atoms with Crippen molar-refractivity contribution in [2.75, 3.05) is 0 Å². The molecule has 2 aromatic rings. The van der Waals surface area contributed by atoms with Crippen LogP contribution in [0.25, 0.3) is 11.0 Å². The number of hydrogen-bond acceptors (Lipinski definition) is 2. The lowest BCUT2D eigenvalue weighted by Crippen LogP contribution is -2.27. The van der Waals surface area contributed by atoms with E-state index in [4.69, 9.17) is 5.73 Å². The zero-order chi connectivity index (χ0) is 13.5. The quantitative estimate of drug-likeness (QED) is 0.862. The highest BCUT2D eigenvalue weighted by Gasteiger charge is 2.46. The van der Waals surface area contributed by atoms with Crippen molar-refractivity contribution in [3.05, 3.63) is 29.6 Å². The van der Waals surface area contributed by atoms with Crippen molar-refractivity contribution in [3.63, 3.8) is 0 Å². The topological polar surface area (TPSA) is 43.8 Å². The van der Waals surface area contributed by atoms with E-state index in [1.165, 1.54) is 13.1 Å². The van der Waals surface area contributed by atoms with Crippen LogP contribution < -0.4 is 5.73 Å². The monoisotopic (exact) mass is 261 g/mol. The van der Waals surface area contributed by atoms with E-state index in [0.717, 1.165) is 10.1 Å². The fourth-order valence-corrected chi connectivity index (χ4v) is 1.76. The number of nitrogens with two attached hydrogens (primary N) is 1. The number of fused-ring (bicyclic) bond motifs is 1. The molecule has 0 amide bonds. The summed E-state index contributed by atoms with van der Waals surface area (Å²) in [6.07, 6.45) is -3.79. The predicted molar refractivity (Wildman–Crippen MR) is 58.5 cm³/mol. The normalized spacial score (nSPS) is 12.6. The van der Waals surface area contributed by atoms with Crippen LogP contribution in [0.15, 0.2) is 18.2 Å². The van der Waals surface area contributed by atoms with E-state index < -0.39 is 18.2 Å². The summed E-state index contributed by atoms with van der Waals surface area (Å²) in [5, 5.41) is 0. The first-order valence-corrected chi connectivity index (χ1v) is 5.19. The van der Waals surface area contributed by atoms with E-state index in [9.17, 15) is 17.6 Å². The molecule has 0 bridgehead atoms. The zero-order valence-electron chi connectivity index (χ0n) is 9.50. The number of hydrogen-bond donors (Lipinski definition) is 1. The minimum absolute atomic E-state index is 0.238. The van der Waals surface area contributed by atoms with Gasteiger partial charge in [-0.3, -0.25) is 0 Å². The van der Waals surface area contributed by atoms with Crippen molar-refractivity contribution in [1.82, 2.24) is 9.55 Å². The number of imidazole rings is 1. The molecule has 1 aromatic carbocycles. The van der Waals surface area contributed by atoms with Gasteiger partial charge in [0.15, 0.2) is 5.82 Å². The average molecular weight is 261 g/mol. The van der Waals surface area contributed by atoms with Crippen LogP contribution in [0.2, 0.25) is 0 Å². The largest absolute Gasteiger partial charge is 0.364 e. The second-order valence-corrected chi connectivity index (χ2v) is 3.95. The Hall–Kier alpha value is -1.63. The van der Waals surface area contributed by atoms with Gasteiger partial charge in [-0.1, -0.05) is 6.07 Å². The van der Waals surface area contributed by atoms with Crippen molar-refractivity contribution in [1.29, 1.82) is 0 Å². The Labute approximate surface area is 100 Å². The van der Waals surface area contributed by atoms with Gasteiger partial charge in [0.1, 0.15) is 0 Å². The number of aryl methyl sites for hydroxylation is 1. The minimum Gasteiger partial charge on any atom is -0.326 e. The molecule has 0 fully saturated rings. The summed E-state index contributed by atoms with van der Waals surface area (Å²) in [4.78, 5) is 3.57. The Balaban J connectivity index is 2.64. The predicted octanol–water partition coefficient (Wildman–Crippen LogP) is 2.39. The minimum atomic E-state index is -4.27. The van der Waals surface area contributed by atoms with Crippen LogP contribution in [0.3, 0.4) is 0 Å². The third-order valence-corrected chi connectivity index (χ3v) is 2.75. The Bertz CT molecular complexity index is 577. The molecule has 0 spiro atoms. The fraction of sp³-hybridized carbons (Fsp3) is 0.364. The number of nitrogens with zero attached hydrogens (tertiary/aromatic N) is 2. The maximum absolute atomic E-state index is 13.3. The van der Waals surface area contributed by atoms with E-state index in [2.05, 4.69) is 4.98 Å². The van der Waals surface area contributed by atoms with E-state index in [1.54, 1.807) is 12.1 Å². The summed E-state index contributed by atoms with van der Waals surface area (Å²) < 4.78 is 52.2. The lowest BCUT2D eigenvalue weighted by molar-refractivity contribution is -0.142. The Morgan fingerprint density at radius 2 is 2.06 bits per heavy atom. The van der Waals surface area contributed by atoms with Crippen LogP contribution >= 0.6 is 0 Å². The molecule has 2 N–H and O–H groups in total. The molecule has 0 atom stereocenters. The summed E-state index contributed by atoms with van der Waals surface area (Å²) in [5.74, 6) is -5.21. The molecule has 0 aliphatic carbocycles. The van der Waals surface area contributed by atoms with Crippen LogP contribution in [0.4, 0.5) is 17.6 Å². The summed E-state index contributed by atoms with van der Waals surface area (Å²) in [6, 6.07) is 4.68. The standard InChI is InChI=1S/C11H11F4N3/c1-18-8-4-6(5-16)2-3-7(8)17-10(18)11(14,15)9(12)13/h2-4,9H,5,16H2,1H3. The number of aromatic nitrogens is 2. The lowest BCUT2D eigenvalue weighted by atomic mass is 10.2. The van der Waals surface area contributed by atoms with Crippen molar-refractivity contribution < 1.29 is 17.6 Å². The highest BCUT2D eigenvalue weighted by Crippen LogP contribution is 2.35. The van der Waals surface area contributed by atoms with Gasteiger partial charge in [-0.2, -0.15) is 8.78 Å². The van der Waals surface area contributed by atoms with E-state index in [1.807, 2.05) is 0 Å². The number of halogens is 4. The van der Waals surface area contributed by atoms with Gasteiger partial charge in [0.25, 0.3) is 0 Å². The van der Waals surface area contributed by atoms with Crippen LogP contribution in [0.1, 0.15) is 11.4 Å². The van der Waals surface area contributed by atoms with E-state index in [0.29, 0.717) is 5.52 Å². The summed E-state index contributed by atoms with van der Waals surface area (Å²) in [7, 11) is 1.28. The van der Waals surface area contributed by atoms with Crippen molar-refractivity contribution in [3.8, 4) is 0 Å². The summed E-state index contributed by atoms with van der Waals surface area (Å²) in [5.41, 5.74) is 6.75. The van der Waals surface area contributed by atoms with Crippen molar-refractivity contribution in [2.24, 2.45) is 12.8 Å². The van der Waals surface area contributed by atoms with Crippen LogP contribution in [-0.2, 0) is 19.5 Å². The average Bonchev–Trinajstić information content (AvgIpc) is 2.66. The van der Waals surface area contributed by atoms with E-state index >= 15 is 0 Å². The molecule has 1 aromatic heterocycles. The second kappa shape index (κ2) is 4.24. The highest BCUT2D eigenvalue weighted by molar-refractivity contribution is 5.77. The zero-order valence-corrected chi connectivity index (χ0v) is 9.50. The lowest BCUT2D eigenvalue weighted by Gasteiger charge is -2.14. The van der Waals surface area contributed by atoms with Crippen LogP contribution in [-0.4, -0.2) is 16.0 Å². The molecular formula is C11H11F4N3. The summed E-state index contributed by atoms with van der Waals surface area (Å²) >= 11 is 0. The molecule has 0 radical (unpaired) electrons. The first kappa shape index (κ1) is 12.8. The first-order chi connectivity index (χ1) is 8.37. The third-order valence-electron chi connectivity index (χ3n) is 2.75. The fourth-order valence-electron chi connectivity index (χ4n) is 1.76. The SMILES string of the molecule is Cn1c(C(F)(F)C(F)F)nc2ccc(CN)cc21. The van der Waals surface area contributed by atoms with Gasteiger partial charge in [0.2, 0.25) is 0 Å². The van der Waals surface area contributed by atoms with Gasteiger partial charge in [-0.25, -0.2) is 13.8 Å². The van der Waals surface area contributed by atoms with Crippen molar-refractivity contribution >= 4 is 11.0 Å². The molecule has 0 saturated heterocycles. The molecule has 1 heterocycles. The maximum atomic E-state index is 13.3. The van der Waals surface area contributed by atoms with Gasteiger partial charge in [0.05, 0.1) is 11.0 Å². The van der Waals surface area contributed by atoms with Gasteiger partial charge in [-0.15, -0.1) is 0 Å². The first-order valence-electron chi connectivity index (χ1n) is 5.19. The molecule has 3 nitrogen and oxygen atoms in total. The van der Waals surface area contributed by atoms with Crippen LogP contribution in [0.5, 0.6) is 0 Å². The molecule has 18 heavy (non-hydrogen) atoms. The summed E-state index contributed by atoms with van der Waals surface area (Å²) in [6.45, 7) is 0.238. The molecule has 2 rings (SSSR count). The molecule has 7 heteroatoms. The Kier molecular flexibility index (Phi) is 3.02. The number of rotatable bonds is 3. The second-order valence-electron chi connectivity index (χ2n) is 3.95. The van der Waals surface area contributed by atoms with Crippen LogP contribution in [0, 0.1) is 0 Å². The number of alkyl halides is 4.